The van der Waals surface area contributed by atoms with Crippen molar-refractivity contribution in [2.24, 2.45) is 23.2 Å². The van der Waals surface area contributed by atoms with E-state index in [9.17, 15) is 10.1 Å². The summed E-state index contributed by atoms with van der Waals surface area (Å²) in [7, 11) is 2.03. The lowest BCUT2D eigenvalue weighted by atomic mass is 9.31. The maximum Gasteiger partial charge on any atom is 0.272 e. The van der Waals surface area contributed by atoms with Crippen molar-refractivity contribution in [1.82, 2.24) is 0 Å². The summed E-state index contributed by atoms with van der Waals surface area (Å²) in [6, 6.07) is 14.6. The minimum atomic E-state index is -0.318. The predicted molar refractivity (Wildman–Crippen MR) is 110 cm³/mol. The number of aryl methyl sites for hydroxylation is 1. The van der Waals surface area contributed by atoms with Crippen LogP contribution in [0.1, 0.15) is 43.2 Å². The Kier molecular flexibility index (Phi) is 3.06. The molecular formula is C24H26N2O2. The molecule has 4 saturated carbocycles. The highest BCUT2D eigenvalue weighted by Crippen LogP contribution is 2.86. The second kappa shape index (κ2) is 5.16. The number of anilines is 2. The quantitative estimate of drug-likeness (QED) is 0.506. The molecule has 2 bridgehead atoms. The maximum absolute atomic E-state index is 11.1. The number of nitro benzene ring substituents is 1. The summed E-state index contributed by atoms with van der Waals surface area (Å²) in [4.78, 5) is 12.9. The molecule has 0 aliphatic heterocycles. The Labute approximate surface area is 165 Å². The molecule has 4 fully saturated rings. The van der Waals surface area contributed by atoms with Crippen molar-refractivity contribution < 1.29 is 4.92 Å². The van der Waals surface area contributed by atoms with Crippen LogP contribution >= 0.6 is 0 Å². The van der Waals surface area contributed by atoms with Crippen LogP contribution in [0.3, 0.4) is 0 Å². The summed E-state index contributed by atoms with van der Waals surface area (Å²) in [6.07, 6.45) is 7.32. The fourth-order valence-electron chi connectivity index (χ4n) is 7.89. The number of nitro groups is 1. The van der Waals surface area contributed by atoms with Gasteiger partial charge in [0.2, 0.25) is 0 Å². The van der Waals surface area contributed by atoms with Gasteiger partial charge in [0, 0.05) is 35.5 Å². The maximum atomic E-state index is 11.1. The molecule has 0 heterocycles. The topological polar surface area (TPSA) is 46.4 Å². The third kappa shape index (κ3) is 1.77. The van der Waals surface area contributed by atoms with E-state index in [0.29, 0.717) is 16.4 Å². The molecule has 0 saturated heterocycles. The lowest BCUT2D eigenvalue weighted by molar-refractivity contribution is -0.385. The zero-order valence-corrected chi connectivity index (χ0v) is 16.5. The molecule has 4 aliphatic carbocycles. The van der Waals surface area contributed by atoms with Crippen LogP contribution < -0.4 is 4.90 Å². The monoisotopic (exact) mass is 374 g/mol. The molecule has 0 N–H and O–H groups in total. The third-order valence-electron chi connectivity index (χ3n) is 8.96. The van der Waals surface area contributed by atoms with E-state index in [2.05, 4.69) is 29.2 Å². The van der Waals surface area contributed by atoms with Gasteiger partial charge in [0.05, 0.1) is 4.92 Å². The molecule has 28 heavy (non-hydrogen) atoms. The van der Waals surface area contributed by atoms with Gasteiger partial charge in [-0.2, -0.15) is 0 Å². The number of benzene rings is 2. The summed E-state index contributed by atoms with van der Waals surface area (Å²) in [6.45, 7) is 1.80. The van der Waals surface area contributed by atoms with E-state index >= 15 is 0 Å². The van der Waals surface area contributed by atoms with Crippen molar-refractivity contribution in [3.05, 3.63) is 63.7 Å². The third-order valence-corrected chi connectivity index (χ3v) is 8.96. The van der Waals surface area contributed by atoms with E-state index in [1.165, 1.54) is 32.1 Å². The van der Waals surface area contributed by atoms with Crippen LogP contribution in [-0.2, 0) is 5.41 Å². The minimum Gasteiger partial charge on any atom is -0.345 e. The van der Waals surface area contributed by atoms with Crippen molar-refractivity contribution in [2.45, 2.75) is 44.4 Å². The van der Waals surface area contributed by atoms with Gasteiger partial charge in [0.1, 0.15) is 0 Å². The molecular weight excluding hydrogens is 348 g/mol. The fourth-order valence-corrected chi connectivity index (χ4v) is 7.89. The van der Waals surface area contributed by atoms with E-state index in [0.717, 1.165) is 29.1 Å². The normalized spacial score (nSPS) is 36.4. The lowest BCUT2D eigenvalue weighted by Crippen LogP contribution is -2.68. The summed E-state index contributed by atoms with van der Waals surface area (Å²) in [5, 5.41) is 11.1. The predicted octanol–water partition coefficient (Wildman–Crippen LogP) is 5.75. The molecule has 5 unspecified atom stereocenters. The molecule has 0 amide bonds. The molecule has 2 aromatic carbocycles. The molecule has 6 rings (SSSR count). The first-order chi connectivity index (χ1) is 13.4. The first kappa shape index (κ1) is 16.6. The number of rotatable bonds is 4. The van der Waals surface area contributed by atoms with Gasteiger partial charge in [-0.15, -0.1) is 0 Å². The van der Waals surface area contributed by atoms with Crippen LogP contribution in [0.15, 0.2) is 42.5 Å². The number of hydrogen-bond donors (Lipinski definition) is 0. The first-order valence-electron chi connectivity index (χ1n) is 10.5. The first-order valence-corrected chi connectivity index (χ1v) is 10.5. The fraction of sp³-hybridized carbons (Fsp3) is 0.500. The minimum absolute atomic E-state index is 0.178. The zero-order chi connectivity index (χ0) is 19.3. The summed E-state index contributed by atoms with van der Waals surface area (Å²) in [5.74, 6) is 2.99. The van der Waals surface area contributed by atoms with E-state index in [1.54, 1.807) is 18.6 Å². The van der Waals surface area contributed by atoms with E-state index in [-0.39, 0.29) is 10.6 Å². The Morgan fingerprint density at radius 2 is 1.75 bits per heavy atom. The van der Waals surface area contributed by atoms with Gasteiger partial charge in [-0.05, 0) is 92.0 Å². The van der Waals surface area contributed by atoms with E-state index in [1.807, 2.05) is 19.2 Å². The lowest BCUT2D eigenvalue weighted by Gasteiger charge is -2.73. The Morgan fingerprint density at radius 3 is 2.39 bits per heavy atom. The Hall–Kier alpha value is -2.36. The van der Waals surface area contributed by atoms with Gasteiger partial charge in [-0.25, -0.2) is 0 Å². The number of fused-ring (bicyclic) bond motifs is 1. The van der Waals surface area contributed by atoms with E-state index in [4.69, 9.17) is 0 Å². The van der Waals surface area contributed by atoms with Crippen LogP contribution in [0.2, 0.25) is 0 Å². The van der Waals surface area contributed by atoms with Crippen LogP contribution in [0.25, 0.3) is 0 Å². The molecule has 4 nitrogen and oxygen atoms in total. The van der Waals surface area contributed by atoms with Crippen molar-refractivity contribution >= 4 is 17.1 Å². The molecule has 4 heteroatoms. The van der Waals surface area contributed by atoms with Gasteiger partial charge < -0.3 is 4.90 Å². The summed E-state index contributed by atoms with van der Waals surface area (Å²) in [5.41, 5.74) is 5.70. The molecule has 144 valence electrons. The van der Waals surface area contributed by atoms with Crippen LogP contribution in [0.5, 0.6) is 0 Å². The van der Waals surface area contributed by atoms with E-state index < -0.39 is 0 Å². The van der Waals surface area contributed by atoms with Crippen molar-refractivity contribution in [3.63, 3.8) is 0 Å². The largest absolute Gasteiger partial charge is 0.345 e. The highest BCUT2D eigenvalue weighted by Gasteiger charge is 2.80. The van der Waals surface area contributed by atoms with Crippen LogP contribution in [0, 0.1) is 40.2 Å². The average molecular weight is 374 g/mol. The van der Waals surface area contributed by atoms with Gasteiger partial charge in [0.25, 0.3) is 5.69 Å². The Balaban J connectivity index is 1.29. The molecule has 0 aromatic heterocycles. The molecule has 0 radical (unpaired) electrons. The number of hydrogen-bond acceptors (Lipinski definition) is 3. The molecule has 4 aliphatic rings. The van der Waals surface area contributed by atoms with Crippen molar-refractivity contribution in [3.8, 4) is 0 Å². The highest BCUT2D eigenvalue weighted by molar-refractivity contribution is 5.66. The van der Waals surface area contributed by atoms with Crippen molar-refractivity contribution in [2.75, 3.05) is 11.9 Å². The summed E-state index contributed by atoms with van der Waals surface area (Å²) < 4.78 is 0. The Bertz CT molecular complexity index is 1000. The second-order valence-corrected chi connectivity index (χ2v) is 9.80. The van der Waals surface area contributed by atoms with Crippen LogP contribution in [0.4, 0.5) is 17.1 Å². The number of nitrogens with zero attached hydrogens (tertiary/aromatic N) is 2. The van der Waals surface area contributed by atoms with Gasteiger partial charge in [-0.3, -0.25) is 10.1 Å². The van der Waals surface area contributed by atoms with Gasteiger partial charge in [0.15, 0.2) is 0 Å². The Morgan fingerprint density at radius 1 is 1.00 bits per heavy atom. The smallest absolute Gasteiger partial charge is 0.272 e. The van der Waals surface area contributed by atoms with Gasteiger partial charge in [-0.1, -0.05) is 12.1 Å². The SMILES string of the molecule is Cc1cc(N(C)c2ccc(C34CC5CC6CC(C3)C64C5)cc2)ccc1[N+](=O)[O-]. The van der Waals surface area contributed by atoms with Gasteiger partial charge >= 0.3 is 0 Å². The standard InChI is InChI=1S/C24H26N2O2/c1-15-9-21(7-8-22(15)26(27)28)25(2)20-5-3-17(4-6-20)23-12-16-10-18-11-19(14-23)24(18,23)13-16/h3-9,16,18-19H,10-14H2,1-2H3. The molecule has 2 aromatic rings. The summed E-state index contributed by atoms with van der Waals surface area (Å²) >= 11 is 0. The molecule has 5 atom stereocenters. The zero-order valence-electron chi connectivity index (χ0n) is 16.5. The van der Waals surface area contributed by atoms with Crippen LogP contribution in [-0.4, -0.2) is 12.0 Å². The second-order valence-electron chi connectivity index (χ2n) is 9.80. The average Bonchev–Trinajstić information content (AvgIpc) is 3.16. The highest BCUT2D eigenvalue weighted by atomic mass is 16.6. The van der Waals surface area contributed by atoms with Crippen molar-refractivity contribution in [1.29, 1.82) is 0 Å². The molecule has 1 spiro atoms.